The molecule has 1 aliphatic heterocycles. The second-order valence-corrected chi connectivity index (χ2v) is 10.1. The van der Waals surface area contributed by atoms with Crippen LogP contribution >= 0.6 is 0 Å². The van der Waals surface area contributed by atoms with Gasteiger partial charge in [-0.15, -0.1) is 0 Å². The maximum absolute atomic E-state index is 13.5. The lowest BCUT2D eigenvalue weighted by Gasteiger charge is -2.40. The Bertz CT molecular complexity index is 666. The molecule has 4 atom stereocenters. The van der Waals surface area contributed by atoms with Crippen molar-refractivity contribution >= 4 is 17.8 Å². The van der Waals surface area contributed by atoms with Crippen molar-refractivity contribution < 1.29 is 19.5 Å². The number of nitrogens with one attached hydrogen (secondary N) is 1. The van der Waals surface area contributed by atoms with Crippen LogP contribution in [-0.4, -0.2) is 71.0 Å². The molecule has 7 heteroatoms. The third-order valence-corrected chi connectivity index (χ3v) is 6.22. The van der Waals surface area contributed by atoms with Crippen LogP contribution in [0.4, 0.5) is 0 Å². The van der Waals surface area contributed by atoms with E-state index in [1.54, 1.807) is 18.0 Å². The summed E-state index contributed by atoms with van der Waals surface area (Å²) in [7, 11) is 3.64. The third kappa shape index (κ3) is 6.56. The lowest BCUT2D eigenvalue weighted by molar-refractivity contribution is -0.142. The summed E-state index contributed by atoms with van der Waals surface area (Å²) < 4.78 is 0. The van der Waals surface area contributed by atoms with Gasteiger partial charge in [0, 0.05) is 18.7 Å². The molecule has 1 saturated heterocycles. The zero-order valence-electron chi connectivity index (χ0n) is 20.2. The van der Waals surface area contributed by atoms with Gasteiger partial charge in [-0.2, -0.15) is 0 Å². The molecule has 0 spiro atoms. The Hall–Kier alpha value is -1.89. The monoisotopic (exact) mass is 423 g/mol. The van der Waals surface area contributed by atoms with Crippen molar-refractivity contribution in [2.24, 2.45) is 11.3 Å². The van der Waals surface area contributed by atoms with E-state index in [9.17, 15) is 19.5 Å². The Morgan fingerprint density at radius 1 is 1.20 bits per heavy atom. The first kappa shape index (κ1) is 26.1. The molecule has 0 aromatic heterocycles. The van der Waals surface area contributed by atoms with Crippen molar-refractivity contribution in [2.75, 3.05) is 14.1 Å². The highest BCUT2D eigenvalue weighted by Crippen LogP contribution is 2.26. The highest BCUT2D eigenvalue weighted by atomic mass is 16.4. The summed E-state index contributed by atoms with van der Waals surface area (Å²) >= 11 is 0. The molecular formula is C23H41N3O4. The van der Waals surface area contributed by atoms with Crippen LogP contribution < -0.4 is 5.32 Å². The molecule has 0 aromatic rings. The Kier molecular flexibility index (Phi) is 9.08. The number of piperidine rings is 1. The van der Waals surface area contributed by atoms with E-state index in [4.69, 9.17) is 0 Å². The molecule has 1 aliphatic rings. The third-order valence-electron chi connectivity index (χ3n) is 6.22. The number of likely N-dealkylation sites (N-methyl/N-ethyl adjacent to an activating group) is 2. The van der Waals surface area contributed by atoms with E-state index in [1.807, 2.05) is 41.7 Å². The van der Waals surface area contributed by atoms with Gasteiger partial charge in [-0.1, -0.05) is 40.7 Å². The Morgan fingerprint density at radius 3 is 2.23 bits per heavy atom. The van der Waals surface area contributed by atoms with Gasteiger partial charge < -0.3 is 15.3 Å². The fourth-order valence-corrected chi connectivity index (χ4v) is 3.95. The van der Waals surface area contributed by atoms with Gasteiger partial charge in [0.2, 0.25) is 11.8 Å². The van der Waals surface area contributed by atoms with Gasteiger partial charge >= 0.3 is 5.97 Å². The van der Waals surface area contributed by atoms with Gasteiger partial charge in [0.15, 0.2) is 0 Å². The summed E-state index contributed by atoms with van der Waals surface area (Å²) in [6.45, 7) is 13.3. The van der Waals surface area contributed by atoms with Crippen molar-refractivity contribution in [2.45, 2.75) is 91.9 Å². The molecule has 30 heavy (non-hydrogen) atoms. The van der Waals surface area contributed by atoms with Gasteiger partial charge in [-0.05, 0) is 51.5 Å². The van der Waals surface area contributed by atoms with Crippen molar-refractivity contribution in [1.29, 1.82) is 0 Å². The number of carbonyl (C=O) groups is 3. The molecule has 1 fully saturated rings. The number of likely N-dealkylation sites (tertiary alicyclic amines) is 1. The molecule has 172 valence electrons. The topological polar surface area (TPSA) is 90.0 Å². The van der Waals surface area contributed by atoms with Crippen molar-refractivity contribution in [3.05, 3.63) is 11.6 Å². The molecule has 1 rings (SSSR count). The van der Waals surface area contributed by atoms with E-state index in [0.717, 1.165) is 19.3 Å². The number of carboxylic acid groups (broad SMARTS) is 1. The summed E-state index contributed by atoms with van der Waals surface area (Å²) in [6, 6.07) is -1.00. The second kappa shape index (κ2) is 10.4. The van der Waals surface area contributed by atoms with E-state index in [-0.39, 0.29) is 35.4 Å². The van der Waals surface area contributed by atoms with Crippen molar-refractivity contribution in [3.63, 3.8) is 0 Å². The first-order chi connectivity index (χ1) is 13.7. The average molecular weight is 424 g/mol. The zero-order chi connectivity index (χ0) is 23.4. The van der Waals surface area contributed by atoms with Crippen LogP contribution in [0, 0.1) is 11.3 Å². The second-order valence-electron chi connectivity index (χ2n) is 10.1. The number of carboxylic acids is 1. The number of nitrogens with zero attached hydrogens (tertiary/aromatic N) is 2. The minimum absolute atomic E-state index is 0.0231. The zero-order valence-corrected chi connectivity index (χ0v) is 20.2. The molecule has 0 aliphatic carbocycles. The first-order valence-corrected chi connectivity index (χ1v) is 10.9. The highest BCUT2D eigenvalue weighted by molar-refractivity contribution is 5.91. The number of hydrogen-bond donors (Lipinski definition) is 2. The van der Waals surface area contributed by atoms with Gasteiger partial charge in [0.1, 0.15) is 6.04 Å². The number of carbonyl (C=O) groups excluding carboxylic acids is 2. The molecule has 0 saturated carbocycles. The van der Waals surface area contributed by atoms with Gasteiger partial charge in [0.25, 0.3) is 0 Å². The molecule has 2 amide bonds. The molecular weight excluding hydrogens is 382 g/mol. The number of aliphatic carboxylic acids is 1. The first-order valence-electron chi connectivity index (χ1n) is 10.9. The van der Waals surface area contributed by atoms with Crippen LogP contribution in [0.5, 0.6) is 0 Å². The SMILES string of the molecule is C/C(=C\C(C(C)C)N(C)C(=O)C(NC(=O)C1CCC[C@@H](C)N1C)C(C)(C)C)C(=O)O. The fraction of sp³-hybridized carbons (Fsp3) is 0.783. The number of rotatable bonds is 7. The highest BCUT2D eigenvalue weighted by Gasteiger charge is 2.39. The van der Waals surface area contributed by atoms with E-state index in [2.05, 4.69) is 17.1 Å². The molecule has 0 radical (unpaired) electrons. The fourth-order valence-electron chi connectivity index (χ4n) is 3.95. The predicted octanol–water partition coefficient (Wildman–Crippen LogP) is 2.90. The maximum Gasteiger partial charge on any atom is 0.331 e. The van der Waals surface area contributed by atoms with E-state index in [0.29, 0.717) is 6.04 Å². The smallest absolute Gasteiger partial charge is 0.331 e. The summed E-state index contributed by atoms with van der Waals surface area (Å²) in [5, 5.41) is 12.3. The number of hydrogen-bond acceptors (Lipinski definition) is 4. The Balaban J connectivity index is 3.12. The summed E-state index contributed by atoms with van der Waals surface area (Å²) in [5.41, 5.74) is -0.296. The van der Waals surface area contributed by atoms with E-state index in [1.165, 1.54) is 6.92 Å². The number of amides is 2. The lowest BCUT2D eigenvalue weighted by atomic mass is 9.84. The van der Waals surface area contributed by atoms with Crippen molar-refractivity contribution in [1.82, 2.24) is 15.1 Å². The average Bonchev–Trinajstić information content (AvgIpc) is 2.63. The normalized spacial score (nSPS) is 23.1. The molecule has 2 N–H and O–H groups in total. The quantitative estimate of drug-likeness (QED) is 0.615. The van der Waals surface area contributed by atoms with Gasteiger partial charge in [-0.3, -0.25) is 14.5 Å². The van der Waals surface area contributed by atoms with Crippen LogP contribution in [0.25, 0.3) is 0 Å². The molecule has 3 unspecified atom stereocenters. The maximum atomic E-state index is 13.5. The van der Waals surface area contributed by atoms with Crippen LogP contribution in [0.2, 0.25) is 0 Å². The van der Waals surface area contributed by atoms with Crippen molar-refractivity contribution in [3.8, 4) is 0 Å². The van der Waals surface area contributed by atoms with Gasteiger partial charge in [0.05, 0.1) is 12.1 Å². The predicted molar refractivity (Wildman–Crippen MR) is 119 cm³/mol. The lowest BCUT2D eigenvalue weighted by Crippen LogP contribution is -2.60. The standard InChI is InChI=1S/C23H41N3O4/c1-14(2)18(13-15(3)22(29)30)26(9)21(28)19(23(5,6)7)24-20(27)17-12-10-11-16(4)25(17)8/h13-14,16-19H,10-12H2,1-9H3,(H,24,27)(H,29,30)/b15-13+/t16-,17?,18?,19?/m1/s1. The Morgan fingerprint density at radius 2 is 1.77 bits per heavy atom. The van der Waals surface area contributed by atoms with E-state index < -0.39 is 17.4 Å². The molecule has 7 nitrogen and oxygen atoms in total. The summed E-state index contributed by atoms with van der Waals surface area (Å²) in [5.74, 6) is -1.31. The van der Waals surface area contributed by atoms with Crippen LogP contribution in [0.1, 0.15) is 67.7 Å². The molecule has 0 bridgehead atoms. The Labute approximate surface area is 181 Å². The van der Waals surface area contributed by atoms with Crippen LogP contribution in [-0.2, 0) is 14.4 Å². The minimum Gasteiger partial charge on any atom is -0.478 e. The van der Waals surface area contributed by atoms with Crippen LogP contribution in [0.15, 0.2) is 11.6 Å². The summed E-state index contributed by atoms with van der Waals surface area (Å²) in [6.07, 6.45) is 4.45. The minimum atomic E-state index is -1.00. The van der Waals surface area contributed by atoms with E-state index >= 15 is 0 Å². The summed E-state index contributed by atoms with van der Waals surface area (Å²) in [4.78, 5) is 41.5. The largest absolute Gasteiger partial charge is 0.478 e. The molecule has 0 aromatic carbocycles. The van der Waals surface area contributed by atoms with Crippen LogP contribution in [0.3, 0.4) is 0 Å². The van der Waals surface area contributed by atoms with Gasteiger partial charge in [-0.25, -0.2) is 4.79 Å². The molecule has 1 heterocycles.